The molecule has 0 aromatic heterocycles. The Morgan fingerprint density at radius 2 is 1.12 bits per heavy atom. The van der Waals surface area contributed by atoms with E-state index in [1.807, 2.05) is 0 Å². The van der Waals surface area contributed by atoms with Gasteiger partial charge in [-0.05, 0) is 18.3 Å². The summed E-state index contributed by atoms with van der Waals surface area (Å²) in [5.74, 6) is -0.150. The van der Waals surface area contributed by atoms with E-state index in [1.54, 1.807) is 0 Å². The van der Waals surface area contributed by atoms with E-state index in [9.17, 15) is 4.79 Å². The van der Waals surface area contributed by atoms with Gasteiger partial charge in [0.1, 0.15) is 0 Å². The number of hydrogen-bond donors (Lipinski definition) is 0. The van der Waals surface area contributed by atoms with Gasteiger partial charge in [0.25, 0.3) is 0 Å². The van der Waals surface area contributed by atoms with Crippen molar-refractivity contribution in [1.82, 2.24) is 0 Å². The maximum Gasteiger partial charge on any atom is 0.310 e. The van der Waals surface area contributed by atoms with Crippen LogP contribution in [0.5, 0.6) is 0 Å². The van der Waals surface area contributed by atoms with Crippen molar-refractivity contribution in [3.63, 3.8) is 0 Å². The fourth-order valence-corrected chi connectivity index (χ4v) is 3.02. The van der Waals surface area contributed by atoms with Gasteiger partial charge in [-0.2, -0.15) is 0 Å². The van der Waals surface area contributed by atoms with E-state index in [0.29, 0.717) is 11.8 Å². The van der Waals surface area contributed by atoms with Crippen LogP contribution in [0.25, 0.3) is 0 Å². The largest absolute Gasteiger partial charge is 0.435 e. The Kier molecular flexibility index (Phi) is 15.2. The molecule has 0 spiro atoms. The zero-order valence-corrected chi connectivity index (χ0v) is 16.7. The molecule has 2 nitrogen and oxygen atoms in total. The Morgan fingerprint density at radius 3 is 1.50 bits per heavy atom. The van der Waals surface area contributed by atoms with Crippen LogP contribution in [-0.4, -0.2) is 5.97 Å². The summed E-state index contributed by atoms with van der Waals surface area (Å²) in [7, 11) is 0. The van der Waals surface area contributed by atoms with Gasteiger partial charge < -0.3 is 4.74 Å². The van der Waals surface area contributed by atoms with Crippen LogP contribution in [0.2, 0.25) is 0 Å². The molecule has 0 aromatic carbocycles. The maximum atomic E-state index is 11.1. The van der Waals surface area contributed by atoms with Gasteiger partial charge in [0, 0.05) is 6.42 Å². The first-order valence-corrected chi connectivity index (χ1v) is 10.3. The normalized spacial score (nSPS) is 11.5. The minimum Gasteiger partial charge on any atom is -0.435 e. The Hall–Kier alpha value is -0.790. The van der Waals surface area contributed by atoms with Crippen molar-refractivity contribution in [2.45, 2.75) is 117 Å². The lowest BCUT2D eigenvalue weighted by Gasteiger charge is -2.17. The molecular weight excluding hydrogens is 296 g/mol. The number of hydrogen-bond acceptors (Lipinski definition) is 2. The molecule has 0 atom stereocenters. The highest BCUT2D eigenvalue weighted by Crippen LogP contribution is 2.22. The van der Waals surface area contributed by atoms with Crippen LogP contribution in [0, 0.1) is 5.41 Å². The van der Waals surface area contributed by atoms with Crippen LogP contribution >= 0.6 is 0 Å². The molecule has 0 aliphatic heterocycles. The molecule has 0 saturated carbocycles. The minimum absolute atomic E-state index is 0.150. The van der Waals surface area contributed by atoms with Gasteiger partial charge in [-0.3, -0.25) is 4.79 Å². The second-order valence-electron chi connectivity index (χ2n) is 8.31. The van der Waals surface area contributed by atoms with Gasteiger partial charge in [-0.15, -0.1) is 0 Å². The average molecular weight is 339 g/mol. The summed E-state index contributed by atoms with van der Waals surface area (Å²) < 4.78 is 4.70. The third-order valence-corrected chi connectivity index (χ3v) is 4.52. The zero-order chi connectivity index (χ0) is 18.1. The predicted molar refractivity (Wildman–Crippen MR) is 105 cm³/mol. The molecular formula is C22H42O2. The van der Waals surface area contributed by atoms with Gasteiger partial charge >= 0.3 is 5.97 Å². The summed E-state index contributed by atoms with van der Waals surface area (Å²) in [6, 6.07) is 0. The Labute approximate surface area is 151 Å². The standard InChI is InChI=1S/C22H42O2/c1-5-24-21(23)19-17-15-13-11-9-7-6-8-10-12-14-16-18-20-22(2,3)4/h5H,1,6-20H2,2-4H3. The summed E-state index contributed by atoms with van der Waals surface area (Å²) in [6.07, 6.45) is 20.4. The van der Waals surface area contributed by atoms with Crippen molar-refractivity contribution in [3.05, 3.63) is 12.8 Å². The quantitative estimate of drug-likeness (QED) is 0.165. The molecule has 0 amide bonds. The van der Waals surface area contributed by atoms with Crippen molar-refractivity contribution < 1.29 is 9.53 Å². The molecule has 24 heavy (non-hydrogen) atoms. The van der Waals surface area contributed by atoms with E-state index in [2.05, 4.69) is 27.4 Å². The maximum absolute atomic E-state index is 11.1. The molecule has 142 valence electrons. The predicted octanol–water partition coefficient (Wildman–Crippen LogP) is 7.57. The summed E-state index contributed by atoms with van der Waals surface area (Å²) >= 11 is 0. The van der Waals surface area contributed by atoms with E-state index in [1.165, 1.54) is 83.3 Å². The number of unbranched alkanes of at least 4 members (excludes halogenated alkanes) is 12. The highest BCUT2D eigenvalue weighted by molar-refractivity contribution is 5.69. The first-order valence-electron chi connectivity index (χ1n) is 10.3. The van der Waals surface area contributed by atoms with Gasteiger partial charge in [-0.25, -0.2) is 0 Å². The van der Waals surface area contributed by atoms with Crippen molar-refractivity contribution in [1.29, 1.82) is 0 Å². The molecule has 0 bridgehead atoms. The molecule has 0 aliphatic carbocycles. The highest BCUT2D eigenvalue weighted by Gasteiger charge is 2.08. The lowest BCUT2D eigenvalue weighted by Crippen LogP contribution is -2.03. The summed E-state index contributed by atoms with van der Waals surface area (Å²) in [5.41, 5.74) is 0.509. The molecule has 0 aromatic rings. The summed E-state index contributed by atoms with van der Waals surface area (Å²) in [5, 5.41) is 0. The molecule has 0 saturated heterocycles. The monoisotopic (exact) mass is 338 g/mol. The summed E-state index contributed by atoms with van der Waals surface area (Å²) in [4.78, 5) is 11.1. The molecule has 0 unspecified atom stereocenters. The molecule has 0 rings (SSSR count). The second-order valence-corrected chi connectivity index (χ2v) is 8.31. The first kappa shape index (κ1) is 23.2. The Morgan fingerprint density at radius 1 is 0.750 bits per heavy atom. The van der Waals surface area contributed by atoms with E-state index >= 15 is 0 Å². The van der Waals surface area contributed by atoms with E-state index in [0.717, 1.165) is 12.8 Å². The fraction of sp³-hybridized carbons (Fsp3) is 0.864. The van der Waals surface area contributed by atoms with Crippen molar-refractivity contribution in [2.24, 2.45) is 5.41 Å². The van der Waals surface area contributed by atoms with Gasteiger partial charge in [0.05, 0.1) is 6.26 Å². The van der Waals surface area contributed by atoms with Crippen LogP contribution < -0.4 is 0 Å². The SMILES string of the molecule is C=COC(=O)CCCCCCCCCCCCCCCC(C)(C)C. The van der Waals surface area contributed by atoms with Gasteiger partial charge in [0.2, 0.25) is 0 Å². The number of esters is 1. The Balaban J connectivity index is 3.10. The molecule has 0 aliphatic rings. The molecule has 0 fully saturated rings. The summed E-state index contributed by atoms with van der Waals surface area (Å²) in [6.45, 7) is 10.4. The molecule has 0 radical (unpaired) electrons. The molecule has 2 heteroatoms. The van der Waals surface area contributed by atoms with Crippen LogP contribution in [0.1, 0.15) is 117 Å². The average Bonchev–Trinajstić information content (AvgIpc) is 2.50. The van der Waals surface area contributed by atoms with Gasteiger partial charge in [0.15, 0.2) is 0 Å². The van der Waals surface area contributed by atoms with Crippen LogP contribution in [0.4, 0.5) is 0 Å². The number of carbonyl (C=O) groups excluding carboxylic acids is 1. The van der Waals surface area contributed by atoms with Crippen LogP contribution in [-0.2, 0) is 9.53 Å². The second kappa shape index (κ2) is 15.7. The van der Waals surface area contributed by atoms with Crippen molar-refractivity contribution >= 4 is 5.97 Å². The van der Waals surface area contributed by atoms with Crippen molar-refractivity contribution in [2.75, 3.05) is 0 Å². The lowest BCUT2D eigenvalue weighted by molar-refractivity contribution is -0.138. The molecule has 0 N–H and O–H groups in total. The lowest BCUT2D eigenvalue weighted by atomic mass is 9.89. The van der Waals surface area contributed by atoms with Crippen LogP contribution in [0.15, 0.2) is 12.8 Å². The molecule has 0 heterocycles. The fourth-order valence-electron chi connectivity index (χ4n) is 3.02. The third-order valence-electron chi connectivity index (χ3n) is 4.52. The smallest absolute Gasteiger partial charge is 0.310 e. The van der Waals surface area contributed by atoms with Crippen molar-refractivity contribution in [3.8, 4) is 0 Å². The van der Waals surface area contributed by atoms with E-state index < -0.39 is 0 Å². The number of ether oxygens (including phenoxy) is 1. The number of rotatable bonds is 16. The van der Waals surface area contributed by atoms with Gasteiger partial charge in [-0.1, -0.05) is 104 Å². The first-order chi connectivity index (χ1) is 11.5. The topological polar surface area (TPSA) is 26.3 Å². The number of carbonyl (C=O) groups is 1. The third kappa shape index (κ3) is 19.3. The van der Waals surface area contributed by atoms with Crippen LogP contribution in [0.3, 0.4) is 0 Å². The highest BCUT2D eigenvalue weighted by atomic mass is 16.5. The zero-order valence-electron chi connectivity index (χ0n) is 16.7. The van der Waals surface area contributed by atoms with E-state index in [4.69, 9.17) is 4.74 Å². The minimum atomic E-state index is -0.150. The van der Waals surface area contributed by atoms with E-state index in [-0.39, 0.29) is 5.97 Å². The Bertz CT molecular complexity index is 302.